The molecule has 0 saturated carbocycles. The average Bonchev–Trinajstić information content (AvgIpc) is 2.75. The van der Waals surface area contributed by atoms with Crippen LogP contribution in [0.2, 0.25) is 0 Å². The number of hydrogen-bond donors (Lipinski definition) is 1. The van der Waals surface area contributed by atoms with Crippen LogP contribution in [0.3, 0.4) is 0 Å². The Morgan fingerprint density at radius 1 is 0.903 bits per heavy atom. The molecule has 0 heterocycles. The van der Waals surface area contributed by atoms with E-state index in [1.807, 2.05) is 31.2 Å². The van der Waals surface area contributed by atoms with Crippen LogP contribution >= 0.6 is 0 Å². The predicted octanol–water partition coefficient (Wildman–Crippen LogP) is 5.19. The molecule has 0 aliphatic heterocycles. The fourth-order valence-electron chi connectivity index (χ4n) is 3.15. The summed E-state index contributed by atoms with van der Waals surface area (Å²) in [5, 5.41) is 2.89. The lowest BCUT2D eigenvalue weighted by Crippen LogP contribution is -2.26. The molecule has 0 unspecified atom stereocenters. The molecule has 0 atom stereocenters. The van der Waals surface area contributed by atoms with E-state index < -0.39 is 10.0 Å². The molecule has 1 amide bonds. The molecule has 5 nitrogen and oxygen atoms in total. The first-order valence-corrected chi connectivity index (χ1v) is 11.6. The van der Waals surface area contributed by atoms with Crippen LogP contribution in [-0.4, -0.2) is 25.7 Å². The molecule has 0 spiro atoms. The van der Waals surface area contributed by atoms with E-state index in [9.17, 15) is 13.2 Å². The lowest BCUT2D eigenvalue weighted by Gasteiger charge is -2.17. The third-order valence-electron chi connectivity index (χ3n) is 5.19. The van der Waals surface area contributed by atoms with Gasteiger partial charge in [-0.3, -0.25) is 4.79 Å². The molecule has 0 fully saturated rings. The number of nitrogens with one attached hydrogen (secondary N) is 1. The monoisotopic (exact) mass is 436 g/mol. The number of carbonyl (C=O) groups excluding carboxylic acids is 1. The highest BCUT2D eigenvalue weighted by Gasteiger charge is 2.20. The van der Waals surface area contributed by atoms with Gasteiger partial charge in [0.2, 0.25) is 10.0 Å². The number of nitrogens with zero attached hydrogens (tertiary/aromatic N) is 1. The van der Waals surface area contributed by atoms with E-state index in [1.165, 1.54) is 9.87 Å². The summed E-state index contributed by atoms with van der Waals surface area (Å²) in [7, 11) is -2.02. The molecule has 0 aliphatic carbocycles. The minimum Gasteiger partial charge on any atom is -0.322 e. The summed E-state index contributed by atoms with van der Waals surface area (Å²) < 4.78 is 26.8. The minimum absolute atomic E-state index is 0.204. The summed E-state index contributed by atoms with van der Waals surface area (Å²) in [4.78, 5) is 12.8. The third-order valence-corrected chi connectivity index (χ3v) is 7.00. The number of carbonyl (C=O) groups is 1. The number of benzene rings is 3. The van der Waals surface area contributed by atoms with Gasteiger partial charge in [-0.25, -0.2) is 8.42 Å². The molecule has 3 rings (SSSR count). The summed E-state index contributed by atoms with van der Waals surface area (Å²) in [6.45, 7) is 6.38. The summed E-state index contributed by atoms with van der Waals surface area (Å²) >= 11 is 0. The molecular weight excluding hydrogens is 408 g/mol. The maximum Gasteiger partial charge on any atom is 0.255 e. The summed E-state index contributed by atoms with van der Waals surface area (Å²) in [5.41, 5.74) is 4.28. The highest BCUT2D eigenvalue weighted by Crippen LogP contribution is 2.19. The SMILES string of the molecule is Cc1ccc(S(=O)(=O)N(C)Cc2ccc(C(=O)Nc3ccc(C(C)C)cc3)cc2)cc1. The number of rotatable bonds is 7. The molecule has 0 aromatic heterocycles. The van der Waals surface area contributed by atoms with Crippen LogP contribution in [0.4, 0.5) is 5.69 Å². The molecule has 6 heteroatoms. The summed E-state index contributed by atoms with van der Waals surface area (Å²) in [6.07, 6.45) is 0. The van der Waals surface area contributed by atoms with Crippen molar-refractivity contribution in [2.24, 2.45) is 0 Å². The van der Waals surface area contributed by atoms with Crippen LogP contribution < -0.4 is 5.32 Å². The average molecular weight is 437 g/mol. The number of anilines is 1. The topological polar surface area (TPSA) is 66.5 Å². The van der Waals surface area contributed by atoms with E-state index in [1.54, 1.807) is 55.6 Å². The normalized spacial score (nSPS) is 11.7. The summed E-state index contributed by atoms with van der Waals surface area (Å²) in [6, 6.07) is 21.6. The molecule has 0 aliphatic rings. The van der Waals surface area contributed by atoms with E-state index in [-0.39, 0.29) is 17.3 Å². The van der Waals surface area contributed by atoms with Crippen LogP contribution in [-0.2, 0) is 16.6 Å². The Morgan fingerprint density at radius 2 is 1.48 bits per heavy atom. The van der Waals surface area contributed by atoms with Crippen molar-refractivity contribution in [1.29, 1.82) is 0 Å². The van der Waals surface area contributed by atoms with Crippen molar-refractivity contribution >= 4 is 21.6 Å². The van der Waals surface area contributed by atoms with E-state index in [0.717, 1.165) is 16.8 Å². The molecule has 0 bridgehead atoms. The van der Waals surface area contributed by atoms with Crippen LogP contribution in [0.5, 0.6) is 0 Å². The Morgan fingerprint density at radius 3 is 2.03 bits per heavy atom. The van der Waals surface area contributed by atoms with Crippen molar-refractivity contribution in [2.75, 3.05) is 12.4 Å². The van der Waals surface area contributed by atoms with Gasteiger partial charge in [0, 0.05) is 24.8 Å². The fraction of sp³-hybridized carbons (Fsp3) is 0.240. The fourth-order valence-corrected chi connectivity index (χ4v) is 4.31. The third kappa shape index (κ3) is 5.60. The van der Waals surface area contributed by atoms with Gasteiger partial charge in [0.15, 0.2) is 0 Å². The van der Waals surface area contributed by atoms with Crippen molar-refractivity contribution in [3.05, 3.63) is 95.1 Å². The standard InChI is InChI=1S/C25H28N2O3S/c1-18(2)21-11-13-23(14-12-21)26-25(28)22-9-7-20(8-10-22)17-27(4)31(29,30)24-15-5-19(3)6-16-24/h5-16,18H,17H2,1-4H3,(H,26,28). The van der Waals surface area contributed by atoms with Crippen molar-refractivity contribution in [2.45, 2.75) is 38.1 Å². The van der Waals surface area contributed by atoms with Crippen molar-refractivity contribution in [3.63, 3.8) is 0 Å². The minimum atomic E-state index is -3.58. The van der Waals surface area contributed by atoms with Gasteiger partial charge in [-0.1, -0.05) is 55.8 Å². The Hall–Kier alpha value is -2.96. The number of aryl methyl sites for hydroxylation is 1. The Kier molecular flexibility index (Phi) is 6.93. The first-order chi connectivity index (χ1) is 14.7. The largest absolute Gasteiger partial charge is 0.322 e. The second-order valence-electron chi connectivity index (χ2n) is 8.00. The zero-order chi connectivity index (χ0) is 22.6. The first kappa shape index (κ1) is 22.7. The zero-order valence-electron chi connectivity index (χ0n) is 18.3. The van der Waals surface area contributed by atoms with Gasteiger partial charge in [-0.15, -0.1) is 0 Å². The molecule has 31 heavy (non-hydrogen) atoms. The first-order valence-electron chi connectivity index (χ1n) is 10.2. The van der Waals surface area contributed by atoms with E-state index in [2.05, 4.69) is 19.2 Å². The van der Waals surface area contributed by atoms with Gasteiger partial charge in [-0.05, 0) is 60.4 Å². The number of sulfonamides is 1. The molecule has 162 valence electrons. The number of hydrogen-bond acceptors (Lipinski definition) is 3. The van der Waals surface area contributed by atoms with Crippen LogP contribution in [0.25, 0.3) is 0 Å². The van der Waals surface area contributed by atoms with Gasteiger partial charge < -0.3 is 5.32 Å². The second-order valence-corrected chi connectivity index (χ2v) is 10.0. The predicted molar refractivity (Wildman–Crippen MR) is 125 cm³/mol. The van der Waals surface area contributed by atoms with E-state index >= 15 is 0 Å². The smallest absolute Gasteiger partial charge is 0.255 e. The van der Waals surface area contributed by atoms with Gasteiger partial charge in [0.25, 0.3) is 5.91 Å². The zero-order valence-corrected chi connectivity index (χ0v) is 19.1. The maximum absolute atomic E-state index is 12.8. The van der Waals surface area contributed by atoms with Crippen LogP contribution in [0, 0.1) is 6.92 Å². The van der Waals surface area contributed by atoms with E-state index in [0.29, 0.717) is 11.5 Å². The van der Waals surface area contributed by atoms with Gasteiger partial charge in [-0.2, -0.15) is 4.31 Å². The Labute approximate surface area is 184 Å². The Bertz CT molecular complexity index is 1130. The molecule has 1 N–H and O–H groups in total. The van der Waals surface area contributed by atoms with Crippen LogP contribution in [0.1, 0.15) is 46.8 Å². The van der Waals surface area contributed by atoms with Gasteiger partial charge in [0.1, 0.15) is 0 Å². The van der Waals surface area contributed by atoms with Crippen LogP contribution in [0.15, 0.2) is 77.7 Å². The second kappa shape index (κ2) is 9.45. The highest BCUT2D eigenvalue weighted by atomic mass is 32.2. The number of amides is 1. The summed E-state index contributed by atoms with van der Waals surface area (Å²) in [5.74, 6) is 0.231. The van der Waals surface area contributed by atoms with Gasteiger partial charge >= 0.3 is 0 Å². The Balaban J connectivity index is 1.65. The molecular formula is C25H28N2O3S. The molecule has 3 aromatic rings. The van der Waals surface area contributed by atoms with Gasteiger partial charge in [0.05, 0.1) is 4.90 Å². The lowest BCUT2D eigenvalue weighted by atomic mass is 10.0. The maximum atomic E-state index is 12.8. The highest BCUT2D eigenvalue weighted by molar-refractivity contribution is 7.89. The molecule has 0 saturated heterocycles. The molecule has 3 aromatic carbocycles. The van der Waals surface area contributed by atoms with E-state index in [4.69, 9.17) is 0 Å². The lowest BCUT2D eigenvalue weighted by molar-refractivity contribution is 0.102. The van der Waals surface area contributed by atoms with Crippen molar-refractivity contribution in [3.8, 4) is 0 Å². The quantitative estimate of drug-likeness (QED) is 0.554. The van der Waals surface area contributed by atoms with Crippen molar-refractivity contribution < 1.29 is 13.2 Å². The van der Waals surface area contributed by atoms with Crippen molar-refractivity contribution in [1.82, 2.24) is 4.31 Å². The molecule has 0 radical (unpaired) electrons.